The minimum atomic E-state index is -0.513. The molecule has 224 valence electrons. The number of ether oxygens (including phenoxy) is 2. The molecule has 2 rings (SSSR count). The highest BCUT2D eigenvalue weighted by Crippen LogP contribution is 2.34. The number of thiocarbonyl (C=S) groups is 1. The molecule has 0 aromatic heterocycles. The van der Waals surface area contributed by atoms with Crippen molar-refractivity contribution in [3.8, 4) is 0 Å². The van der Waals surface area contributed by atoms with Gasteiger partial charge < -0.3 is 30.3 Å². The van der Waals surface area contributed by atoms with Crippen LogP contribution in [0.15, 0.2) is 0 Å². The zero-order chi connectivity index (χ0) is 29.4. The number of amides is 3. The zero-order valence-electron chi connectivity index (χ0n) is 25.4. The maximum Gasteiger partial charge on any atom is 0.407 e. The number of carbonyl (C=O) groups is 3. The Balaban J connectivity index is 1.93. The molecule has 39 heavy (non-hydrogen) atoms. The van der Waals surface area contributed by atoms with Crippen molar-refractivity contribution in [1.82, 2.24) is 20.9 Å². The van der Waals surface area contributed by atoms with E-state index in [2.05, 4.69) is 43.6 Å². The van der Waals surface area contributed by atoms with Crippen molar-refractivity contribution in [2.75, 3.05) is 19.7 Å². The molecule has 0 unspecified atom stereocenters. The molecular formula is C29H52N4O5S. The van der Waals surface area contributed by atoms with Crippen molar-refractivity contribution >= 4 is 35.3 Å². The smallest absolute Gasteiger partial charge is 0.407 e. The van der Waals surface area contributed by atoms with Gasteiger partial charge in [-0.2, -0.15) is 0 Å². The number of likely N-dealkylation sites (tertiary alicyclic amines) is 1. The van der Waals surface area contributed by atoms with Gasteiger partial charge in [0.05, 0.1) is 12.6 Å². The monoisotopic (exact) mass is 568 g/mol. The van der Waals surface area contributed by atoms with Crippen LogP contribution in [-0.4, -0.2) is 71.4 Å². The number of rotatable bonds is 10. The maximum atomic E-state index is 13.3. The Morgan fingerprint density at radius 2 is 1.64 bits per heavy atom. The van der Waals surface area contributed by atoms with Crippen molar-refractivity contribution in [1.29, 1.82) is 0 Å². The first-order valence-corrected chi connectivity index (χ1v) is 15.1. The van der Waals surface area contributed by atoms with E-state index < -0.39 is 17.7 Å². The number of hydrogen-bond acceptors (Lipinski definition) is 6. The van der Waals surface area contributed by atoms with Crippen LogP contribution in [0.2, 0.25) is 0 Å². The summed E-state index contributed by atoms with van der Waals surface area (Å²) in [6.07, 6.45) is 5.09. The van der Waals surface area contributed by atoms with Crippen LogP contribution in [0.1, 0.15) is 100 Å². The average Bonchev–Trinajstić information content (AvgIpc) is 3.34. The molecule has 0 aromatic rings. The summed E-state index contributed by atoms with van der Waals surface area (Å²) in [4.78, 5) is 40.5. The van der Waals surface area contributed by atoms with E-state index in [1.165, 1.54) is 0 Å². The van der Waals surface area contributed by atoms with E-state index in [1.807, 2.05) is 32.6 Å². The van der Waals surface area contributed by atoms with Gasteiger partial charge >= 0.3 is 12.2 Å². The van der Waals surface area contributed by atoms with E-state index in [9.17, 15) is 14.4 Å². The average molecular weight is 569 g/mol. The van der Waals surface area contributed by atoms with Gasteiger partial charge in [-0.05, 0) is 83.0 Å². The maximum absolute atomic E-state index is 13.3. The number of carbonyl (C=O) groups excluding carboxylic acids is 3. The van der Waals surface area contributed by atoms with Crippen LogP contribution >= 0.6 is 12.2 Å². The second kappa shape index (κ2) is 14.5. The Labute approximate surface area is 240 Å². The van der Waals surface area contributed by atoms with Crippen LogP contribution in [0.25, 0.3) is 0 Å². The molecule has 1 aliphatic heterocycles. The molecule has 2 aliphatic rings. The highest BCUT2D eigenvalue weighted by Gasteiger charge is 2.42. The molecule has 3 N–H and O–H groups in total. The summed E-state index contributed by atoms with van der Waals surface area (Å²) >= 11 is 5.95. The Morgan fingerprint density at radius 3 is 2.21 bits per heavy atom. The third-order valence-corrected chi connectivity index (χ3v) is 8.62. The van der Waals surface area contributed by atoms with Gasteiger partial charge in [0.25, 0.3) is 0 Å². The molecule has 1 aliphatic carbocycles. The quantitative estimate of drug-likeness (QED) is 0.312. The number of nitrogens with zero attached hydrogens (tertiary/aromatic N) is 1. The van der Waals surface area contributed by atoms with Gasteiger partial charge in [0, 0.05) is 19.1 Å². The fourth-order valence-corrected chi connectivity index (χ4v) is 5.65. The lowest BCUT2D eigenvalue weighted by Gasteiger charge is -2.42. The van der Waals surface area contributed by atoms with E-state index in [0.29, 0.717) is 30.6 Å². The van der Waals surface area contributed by atoms with E-state index in [4.69, 9.17) is 21.7 Å². The zero-order valence-corrected chi connectivity index (χ0v) is 26.2. The fraction of sp³-hybridized carbons (Fsp3) is 0.862. The van der Waals surface area contributed by atoms with Gasteiger partial charge in [-0.15, -0.1) is 0 Å². The molecule has 0 aromatic carbocycles. The number of nitrogens with one attached hydrogen (secondary N) is 3. The SMILES string of the molecule is CCCOC(=O)N[C@H](C(=S)N1CCC[C@H]1C(=O)NCC1CCC(NC(=O)OC(C)(C)C)CC1)C(C)(C)C(C)C. The van der Waals surface area contributed by atoms with Gasteiger partial charge in [-0.1, -0.05) is 46.8 Å². The van der Waals surface area contributed by atoms with Crippen LogP contribution in [0.3, 0.4) is 0 Å². The predicted molar refractivity (Wildman–Crippen MR) is 158 cm³/mol. The number of hydrogen-bond donors (Lipinski definition) is 3. The Kier molecular flexibility index (Phi) is 12.3. The highest BCUT2D eigenvalue weighted by molar-refractivity contribution is 7.80. The summed E-state index contributed by atoms with van der Waals surface area (Å²) in [7, 11) is 0. The normalized spacial score (nSPS) is 22.7. The Bertz CT molecular complexity index is 849. The van der Waals surface area contributed by atoms with Crippen molar-refractivity contribution in [2.45, 2.75) is 124 Å². The standard InChI is InChI=1S/C29H52N4O5S/c1-9-17-37-26(35)32-23(29(7,8)19(2)3)25(39)33-16-10-11-22(33)24(34)30-18-20-12-14-21(15-13-20)31-27(36)38-28(4,5)6/h19-23H,9-18H2,1-8H3,(H,30,34)(H,31,36)(H,32,35)/t20?,21?,22-,23+/m0/s1. The second-order valence-corrected chi connectivity index (χ2v) is 13.4. The van der Waals surface area contributed by atoms with Gasteiger partial charge in [-0.25, -0.2) is 9.59 Å². The minimum Gasteiger partial charge on any atom is -0.450 e. The molecule has 2 fully saturated rings. The number of alkyl carbamates (subject to hydrolysis) is 2. The first-order chi connectivity index (χ1) is 18.2. The van der Waals surface area contributed by atoms with Crippen LogP contribution in [-0.2, 0) is 14.3 Å². The van der Waals surface area contributed by atoms with Gasteiger partial charge in [0.2, 0.25) is 5.91 Å². The van der Waals surface area contributed by atoms with Crippen molar-refractivity contribution < 1.29 is 23.9 Å². The van der Waals surface area contributed by atoms with Crippen molar-refractivity contribution in [3.63, 3.8) is 0 Å². The molecule has 3 amide bonds. The summed E-state index contributed by atoms with van der Waals surface area (Å²) in [6.45, 7) is 17.6. The highest BCUT2D eigenvalue weighted by atomic mass is 32.1. The third kappa shape index (κ3) is 10.1. The van der Waals surface area contributed by atoms with Crippen LogP contribution in [0.5, 0.6) is 0 Å². The molecule has 1 saturated heterocycles. The largest absolute Gasteiger partial charge is 0.450 e. The van der Waals surface area contributed by atoms with E-state index >= 15 is 0 Å². The molecule has 0 radical (unpaired) electrons. The second-order valence-electron chi connectivity index (χ2n) is 13.0. The lowest BCUT2D eigenvalue weighted by Crippen LogP contribution is -2.58. The molecule has 1 heterocycles. The van der Waals surface area contributed by atoms with E-state index in [0.717, 1.165) is 44.9 Å². The predicted octanol–water partition coefficient (Wildman–Crippen LogP) is 5.16. The molecule has 9 nitrogen and oxygen atoms in total. The molecular weight excluding hydrogens is 516 g/mol. The van der Waals surface area contributed by atoms with Crippen molar-refractivity contribution in [3.05, 3.63) is 0 Å². The summed E-state index contributed by atoms with van der Waals surface area (Å²) in [6, 6.07) is -0.674. The summed E-state index contributed by atoms with van der Waals surface area (Å²) < 4.78 is 10.7. The minimum absolute atomic E-state index is 0.0153. The summed E-state index contributed by atoms with van der Waals surface area (Å²) in [5.41, 5.74) is -0.848. The van der Waals surface area contributed by atoms with E-state index in [1.54, 1.807) is 0 Å². The fourth-order valence-electron chi connectivity index (χ4n) is 5.07. The Morgan fingerprint density at radius 1 is 1.00 bits per heavy atom. The Hall–Kier alpha value is -2.10. The third-order valence-electron chi connectivity index (χ3n) is 8.15. The topological polar surface area (TPSA) is 109 Å². The van der Waals surface area contributed by atoms with E-state index in [-0.39, 0.29) is 35.4 Å². The molecule has 1 saturated carbocycles. The molecule has 2 atom stereocenters. The first kappa shape index (κ1) is 33.1. The molecule has 0 bridgehead atoms. The van der Waals surface area contributed by atoms with Gasteiger partial charge in [-0.3, -0.25) is 4.79 Å². The van der Waals surface area contributed by atoms with Gasteiger partial charge in [0.15, 0.2) is 0 Å². The van der Waals surface area contributed by atoms with Crippen molar-refractivity contribution in [2.24, 2.45) is 17.3 Å². The summed E-state index contributed by atoms with van der Waals surface area (Å²) in [5.74, 6) is 0.593. The van der Waals surface area contributed by atoms with Gasteiger partial charge in [0.1, 0.15) is 16.6 Å². The lowest BCUT2D eigenvalue weighted by atomic mass is 9.74. The molecule has 0 spiro atoms. The first-order valence-electron chi connectivity index (χ1n) is 14.7. The lowest BCUT2D eigenvalue weighted by molar-refractivity contribution is -0.124. The van der Waals surface area contributed by atoms with Crippen LogP contribution in [0, 0.1) is 17.3 Å². The summed E-state index contributed by atoms with van der Waals surface area (Å²) in [5, 5.41) is 9.15. The molecule has 10 heteroatoms. The van der Waals surface area contributed by atoms with Crippen LogP contribution < -0.4 is 16.0 Å². The van der Waals surface area contributed by atoms with Crippen LogP contribution in [0.4, 0.5) is 9.59 Å².